The number of carboxylic acid groups (broad SMARTS) is 2. The number of carbonyl (C=O) groups is 2. The number of rotatable bonds is 6. The summed E-state index contributed by atoms with van der Waals surface area (Å²) >= 11 is 0. The fourth-order valence-corrected chi connectivity index (χ4v) is 4.18. The lowest BCUT2D eigenvalue weighted by Crippen LogP contribution is -2.01. The molecular formula is C26H22O4. The minimum absolute atomic E-state index is 0.281. The molecule has 0 saturated heterocycles. The van der Waals surface area contributed by atoms with E-state index in [1.165, 1.54) is 11.1 Å². The molecule has 3 aromatic carbocycles. The summed E-state index contributed by atoms with van der Waals surface area (Å²) in [5.41, 5.74) is 6.48. The Balaban J connectivity index is 1.56. The summed E-state index contributed by atoms with van der Waals surface area (Å²) in [6.07, 6.45) is 4.59. The minimum Gasteiger partial charge on any atom is -0.478 e. The van der Waals surface area contributed by atoms with Crippen molar-refractivity contribution >= 4 is 11.9 Å². The van der Waals surface area contributed by atoms with E-state index >= 15 is 0 Å². The van der Waals surface area contributed by atoms with E-state index in [9.17, 15) is 19.8 Å². The Hall–Kier alpha value is -3.40. The Morgan fingerprint density at radius 2 is 1.30 bits per heavy atom. The van der Waals surface area contributed by atoms with Gasteiger partial charge in [-0.2, -0.15) is 0 Å². The molecule has 150 valence electrons. The predicted octanol–water partition coefficient (Wildman–Crippen LogP) is 6.17. The van der Waals surface area contributed by atoms with Crippen molar-refractivity contribution in [2.24, 2.45) is 0 Å². The molecule has 4 heteroatoms. The Morgan fingerprint density at radius 1 is 0.667 bits per heavy atom. The van der Waals surface area contributed by atoms with E-state index in [1.54, 1.807) is 18.2 Å². The first-order valence-electron chi connectivity index (χ1n) is 10.4. The number of carboxylic acids is 2. The van der Waals surface area contributed by atoms with E-state index in [1.807, 2.05) is 42.5 Å². The minimum atomic E-state index is -0.932. The number of hydrogen-bond acceptors (Lipinski definition) is 2. The molecule has 0 aliphatic heterocycles. The van der Waals surface area contributed by atoms with Crippen LogP contribution in [0.4, 0.5) is 0 Å². The van der Waals surface area contributed by atoms with Gasteiger partial charge in [-0.15, -0.1) is 0 Å². The monoisotopic (exact) mass is 398 g/mol. The van der Waals surface area contributed by atoms with Gasteiger partial charge in [0.05, 0.1) is 11.1 Å². The van der Waals surface area contributed by atoms with E-state index in [2.05, 4.69) is 0 Å². The molecule has 3 aromatic rings. The molecule has 5 rings (SSSR count). The van der Waals surface area contributed by atoms with E-state index < -0.39 is 11.9 Å². The summed E-state index contributed by atoms with van der Waals surface area (Å²) in [6, 6.07) is 18.8. The zero-order valence-electron chi connectivity index (χ0n) is 16.5. The fraction of sp³-hybridized carbons (Fsp3) is 0.231. The normalized spacial score (nSPS) is 15.7. The Bertz CT molecular complexity index is 1150. The largest absolute Gasteiger partial charge is 0.478 e. The first-order valence-corrected chi connectivity index (χ1v) is 10.4. The van der Waals surface area contributed by atoms with Crippen LogP contribution in [-0.2, 0) is 0 Å². The lowest BCUT2D eigenvalue weighted by Gasteiger charge is -2.13. The van der Waals surface area contributed by atoms with Gasteiger partial charge >= 0.3 is 11.9 Å². The van der Waals surface area contributed by atoms with Crippen molar-refractivity contribution in [1.29, 1.82) is 0 Å². The van der Waals surface area contributed by atoms with Gasteiger partial charge in [-0.05, 0) is 89.1 Å². The molecule has 2 aliphatic rings. The zero-order chi connectivity index (χ0) is 20.8. The van der Waals surface area contributed by atoms with Gasteiger partial charge in [0.25, 0.3) is 0 Å². The molecule has 2 fully saturated rings. The van der Waals surface area contributed by atoms with Crippen LogP contribution in [-0.4, -0.2) is 22.2 Å². The van der Waals surface area contributed by atoms with E-state index in [0.29, 0.717) is 17.4 Å². The van der Waals surface area contributed by atoms with Crippen molar-refractivity contribution in [2.45, 2.75) is 37.5 Å². The number of hydrogen-bond donors (Lipinski definition) is 2. The van der Waals surface area contributed by atoms with Crippen molar-refractivity contribution in [1.82, 2.24) is 0 Å². The number of benzene rings is 3. The van der Waals surface area contributed by atoms with Gasteiger partial charge < -0.3 is 10.2 Å². The lowest BCUT2D eigenvalue weighted by atomic mass is 9.91. The summed E-state index contributed by atoms with van der Waals surface area (Å²) in [7, 11) is 0. The highest BCUT2D eigenvalue weighted by Crippen LogP contribution is 2.45. The van der Waals surface area contributed by atoms with Crippen LogP contribution in [0.5, 0.6) is 0 Å². The molecule has 0 aromatic heterocycles. The maximum absolute atomic E-state index is 11.8. The Kier molecular flexibility index (Phi) is 4.43. The van der Waals surface area contributed by atoms with Crippen LogP contribution in [0.3, 0.4) is 0 Å². The van der Waals surface area contributed by atoms with Crippen molar-refractivity contribution in [3.8, 4) is 22.3 Å². The fourth-order valence-electron chi connectivity index (χ4n) is 4.18. The first kappa shape index (κ1) is 18.6. The van der Waals surface area contributed by atoms with Gasteiger partial charge in [-0.1, -0.05) is 42.5 Å². The molecule has 0 atom stereocenters. The van der Waals surface area contributed by atoms with Crippen LogP contribution in [0.25, 0.3) is 22.3 Å². The molecule has 2 saturated carbocycles. The van der Waals surface area contributed by atoms with Crippen LogP contribution in [0.15, 0.2) is 60.7 Å². The Labute approximate surface area is 174 Å². The quantitative estimate of drug-likeness (QED) is 0.520. The average molecular weight is 398 g/mol. The van der Waals surface area contributed by atoms with Crippen LogP contribution >= 0.6 is 0 Å². The van der Waals surface area contributed by atoms with Crippen molar-refractivity contribution in [3.05, 3.63) is 82.9 Å². The highest BCUT2D eigenvalue weighted by molar-refractivity contribution is 5.96. The van der Waals surface area contributed by atoms with Crippen molar-refractivity contribution < 1.29 is 19.8 Å². The van der Waals surface area contributed by atoms with Crippen molar-refractivity contribution in [3.63, 3.8) is 0 Å². The Morgan fingerprint density at radius 3 is 1.87 bits per heavy atom. The third-order valence-electron chi connectivity index (χ3n) is 6.15. The molecule has 2 aliphatic carbocycles. The molecule has 0 radical (unpaired) electrons. The van der Waals surface area contributed by atoms with Crippen molar-refractivity contribution in [2.75, 3.05) is 0 Å². The molecule has 4 nitrogen and oxygen atoms in total. The topological polar surface area (TPSA) is 74.6 Å². The van der Waals surface area contributed by atoms with Crippen LogP contribution < -0.4 is 0 Å². The van der Waals surface area contributed by atoms with Gasteiger partial charge in [-0.3, -0.25) is 0 Å². The maximum Gasteiger partial charge on any atom is 0.336 e. The van der Waals surface area contributed by atoms with Gasteiger partial charge in [0.15, 0.2) is 0 Å². The second-order valence-corrected chi connectivity index (χ2v) is 8.34. The second-order valence-electron chi connectivity index (χ2n) is 8.34. The average Bonchev–Trinajstić information content (AvgIpc) is 3.65. The standard InChI is InChI=1S/C26H22O4/c27-25(28)20-10-11-21(16-3-4-16)23(14-20)17-5-7-18(8-6-17)24-13-19(15-1-2-15)9-12-22(24)26(29)30/h5-16H,1-4H2,(H,27,28)(H,29,30). The molecule has 30 heavy (non-hydrogen) atoms. The molecular weight excluding hydrogens is 376 g/mol. The summed E-state index contributed by atoms with van der Waals surface area (Å²) in [5, 5.41) is 19.0. The number of aromatic carboxylic acids is 2. The molecule has 0 heterocycles. The van der Waals surface area contributed by atoms with E-state index in [-0.39, 0.29) is 5.56 Å². The maximum atomic E-state index is 11.8. The van der Waals surface area contributed by atoms with E-state index in [4.69, 9.17) is 0 Å². The molecule has 2 N–H and O–H groups in total. The van der Waals surface area contributed by atoms with Gasteiger partial charge in [-0.25, -0.2) is 9.59 Å². The van der Waals surface area contributed by atoms with Gasteiger partial charge in [0.1, 0.15) is 0 Å². The summed E-state index contributed by atoms with van der Waals surface area (Å²) in [6.45, 7) is 0. The van der Waals surface area contributed by atoms with Gasteiger partial charge in [0.2, 0.25) is 0 Å². The smallest absolute Gasteiger partial charge is 0.336 e. The second kappa shape index (κ2) is 7.13. The molecule has 0 bridgehead atoms. The zero-order valence-corrected chi connectivity index (χ0v) is 16.5. The highest BCUT2D eigenvalue weighted by atomic mass is 16.4. The third-order valence-corrected chi connectivity index (χ3v) is 6.15. The lowest BCUT2D eigenvalue weighted by molar-refractivity contribution is 0.0686. The molecule has 0 spiro atoms. The molecule has 0 amide bonds. The van der Waals surface area contributed by atoms with E-state index in [0.717, 1.165) is 47.9 Å². The first-order chi connectivity index (χ1) is 14.5. The van der Waals surface area contributed by atoms with Crippen LogP contribution in [0, 0.1) is 0 Å². The van der Waals surface area contributed by atoms with Crippen LogP contribution in [0.1, 0.15) is 69.4 Å². The predicted molar refractivity (Wildman–Crippen MR) is 115 cm³/mol. The highest BCUT2D eigenvalue weighted by Gasteiger charge is 2.27. The third kappa shape index (κ3) is 3.50. The van der Waals surface area contributed by atoms with Gasteiger partial charge in [0, 0.05) is 0 Å². The molecule has 0 unspecified atom stereocenters. The summed E-state index contributed by atoms with van der Waals surface area (Å²) < 4.78 is 0. The summed E-state index contributed by atoms with van der Waals surface area (Å²) in [5.74, 6) is -0.818. The SMILES string of the molecule is O=C(O)c1ccc(C2CC2)c(-c2ccc(-c3cc(C4CC4)ccc3C(=O)O)cc2)c1. The van der Waals surface area contributed by atoms with Crippen LogP contribution in [0.2, 0.25) is 0 Å². The summed E-state index contributed by atoms with van der Waals surface area (Å²) in [4.78, 5) is 23.2.